The van der Waals surface area contributed by atoms with Crippen LogP contribution in [0, 0.1) is 0 Å². The lowest BCUT2D eigenvalue weighted by Crippen LogP contribution is -2.31. The molecule has 0 spiro atoms. The van der Waals surface area contributed by atoms with Crippen molar-refractivity contribution in [1.29, 1.82) is 0 Å². The average molecular weight is 612 g/mol. The van der Waals surface area contributed by atoms with Crippen LogP contribution in [0.2, 0.25) is 0 Å². The number of rotatable bonds is 9. The van der Waals surface area contributed by atoms with Crippen molar-refractivity contribution in [3.8, 4) is 22.8 Å². The van der Waals surface area contributed by atoms with Crippen LogP contribution in [-0.4, -0.2) is 57.8 Å². The Labute approximate surface area is 248 Å². The first-order chi connectivity index (χ1) is 20.7. The van der Waals surface area contributed by atoms with Crippen molar-refractivity contribution in [2.24, 2.45) is 4.99 Å². The number of alkyl halides is 3. The molecule has 4 aromatic rings. The predicted molar refractivity (Wildman–Crippen MR) is 153 cm³/mol. The number of amidine groups is 1. The van der Waals surface area contributed by atoms with E-state index in [9.17, 15) is 22.8 Å². The van der Waals surface area contributed by atoms with Crippen LogP contribution in [0.4, 0.5) is 23.7 Å². The van der Waals surface area contributed by atoms with Crippen molar-refractivity contribution >= 4 is 34.6 Å². The number of halogens is 3. The highest BCUT2D eigenvalue weighted by Crippen LogP contribution is 2.30. The molecule has 1 aromatic heterocycles. The summed E-state index contributed by atoms with van der Waals surface area (Å²) in [6, 6.07) is 19.9. The van der Waals surface area contributed by atoms with Gasteiger partial charge in [-0.25, -0.2) is 14.5 Å². The number of amides is 2. The Balaban J connectivity index is 1.16. The lowest BCUT2D eigenvalue weighted by molar-refractivity contribution is -0.274. The van der Waals surface area contributed by atoms with Gasteiger partial charge in [-0.15, -0.1) is 18.3 Å². The van der Waals surface area contributed by atoms with Crippen LogP contribution in [0.5, 0.6) is 5.75 Å². The van der Waals surface area contributed by atoms with Gasteiger partial charge in [-0.2, -0.15) is 4.99 Å². The van der Waals surface area contributed by atoms with Crippen molar-refractivity contribution < 1.29 is 37.0 Å². The molecule has 1 fully saturated rings. The van der Waals surface area contributed by atoms with Crippen LogP contribution >= 0.6 is 11.8 Å². The van der Waals surface area contributed by atoms with Gasteiger partial charge in [0.05, 0.1) is 30.3 Å². The molecule has 10 nitrogen and oxygen atoms in total. The fourth-order valence-corrected chi connectivity index (χ4v) is 5.05. The third kappa shape index (κ3) is 7.59. The summed E-state index contributed by atoms with van der Waals surface area (Å²) in [5, 5.41) is 4.64. The lowest BCUT2D eigenvalue weighted by Gasteiger charge is -2.19. The van der Waals surface area contributed by atoms with Gasteiger partial charge in [-0.1, -0.05) is 54.2 Å². The maximum absolute atomic E-state index is 12.6. The third-order valence-electron chi connectivity index (χ3n) is 6.14. The Morgan fingerprint density at radius 1 is 1.05 bits per heavy atom. The summed E-state index contributed by atoms with van der Waals surface area (Å²) in [7, 11) is 1.56. The minimum atomic E-state index is -4.76. The van der Waals surface area contributed by atoms with E-state index < -0.39 is 12.5 Å². The number of nitrogens with zero attached hydrogens (tertiary/aromatic N) is 5. The Morgan fingerprint density at radius 3 is 2.51 bits per heavy atom. The molecule has 43 heavy (non-hydrogen) atoms. The predicted octanol–water partition coefficient (Wildman–Crippen LogP) is 5.79. The van der Waals surface area contributed by atoms with E-state index >= 15 is 0 Å². The lowest BCUT2D eigenvalue weighted by atomic mass is 10.1. The second-order valence-electron chi connectivity index (χ2n) is 9.09. The molecule has 1 saturated heterocycles. The van der Waals surface area contributed by atoms with Gasteiger partial charge in [0.25, 0.3) is 0 Å². The molecule has 0 radical (unpaired) electrons. The van der Waals surface area contributed by atoms with Crippen molar-refractivity contribution in [1.82, 2.24) is 14.8 Å². The number of hydrogen-bond acceptors (Lipinski definition) is 8. The normalized spacial score (nSPS) is 14.4. The molecule has 0 aliphatic carbocycles. The maximum Gasteiger partial charge on any atom is 0.573 e. The van der Waals surface area contributed by atoms with E-state index in [-0.39, 0.29) is 29.2 Å². The molecule has 2 amide bonds. The summed E-state index contributed by atoms with van der Waals surface area (Å²) in [5.41, 5.74) is 3.53. The van der Waals surface area contributed by atoms with Crippen molar-refractivity contribution in [2.75, 3.05) is 24.4 Å². The zero-order valence-electron chi connectivity index (χ0n) is 22.7. The van der Waals surface area contributed by atoms with Crippen LogP contribution < -0.4 is 9.64 Å². The number of hydrogen-bond donors (Lipinski definition) is 0. The SMILES string of the molecule is COCc1ccccc1N1C(=O)CS/C1=N\C(=O)OCCc1ccc(-c2ncn(-c3ccc(OC(F)(F)F)cc3)n2)cc1. The summed E-state index contributed by atoms with van der Waals surface area (Å²) in [6.07, 6.45) is -3.68. The van der Waals surface area contributed by atoms with Crippen LogP contribution in [0.15, 0.2) is 84.1 Å². The van der Waals surface area contributed by atoms with Crippen LogP contribution in [0.1, 0.15) is 11.1 Å². The summed E-state index contributed by atoms with van der Waals surface area (Å²) in [6.45, 7) is 0.381. The maximum atomic E-state index is 12.6. The van der Waals surface area contributed by atoms with E-state index in [0.29, 0.717) is 30.2 Å². The van der Waals surface area contributed by atoms with Gasteiger partial charge in [0.15, 0.2) is 11.0 Å². The monoisotopic (exact) mass is 611 g/mol. The molecule has 222 valence electrons. The minimum Gasteiger partial charge on any atom is -0.448 e. The second-order valence-corrected chi connectivity index (χ2v) is 10.0. The fraction of sp³-hybridized carbons (Fsp3) is 0.207. The largest absolute Gasteiger partial charge is 0.573 e. The first-order valence-electron chi connectivity index (χ1n) is 12.9. The minimum absolute atomic E-state index is 0.0781. The highest BCUT2D eigenvalue weighted by molar-refractivity contribution is 8.15. The molecule has 0 unspecified atom stereocenters. The highest BCUT2D eigenvalue weighted by atomic mass is 32.2. The fourth-order valence-electron chi connectivity index (χ4n) is 4.20. The summed E-state index contributed by atoms with van der Waals surface area (Å²) in [4.78, 5) is 34.7. The number of benzene rings is 3. The molecule has 0 saturated carbocycles. The smallest absolute Gasteiger partial charge is 0.448 e. The Morgan fingerprint density at radius 2 is 1.79 bits per heavy atom. The average Bonchev–Trinajstić information content (AvgIpc) is 3.61. The Bertz CT molecular complexity index is 1620. The van der Waals surface area contributed by atoms with Gasteiger partial charge in [-0.05, 0) is 35.9 Å². The van der Waals surface area contributed by atoms with Gasteiger partial charge < -0.3 is 14.2 Å². The number of carbonyl (C=O) groups is 2. The van der Waals surface area contributed by atoms with Gasteiger partial charge in [-0.3, -0.25) is 9.69 Å². The molecule has 5 rings (SSSR count). The number of ether oxygens (including phenoxy) is 3. The summed E-state index contributed by atoms with van der Waals surface area (Å²) < 4.78 is 53.0. The molecule has 0 N–H and O–H groups in total. The number of anilines is 1. The van der Waals surface area contributed by atoms with Gasteiger partial charge in [0, 0.05) is 24.7 Å². The third-order valence-corrected chi connectivity index (χ3v) is 7.06. The van der Waals surface area contributed by atoms with Gasteiger partial charge in [0.1, 0.15) is 12.1 Å². The number of para-hydroxylation sites is 1. The summed E-state index contributed by atoms with van der Waals surface area (Å²) in [5.74, 6) is 0.0666. The molecular weight excluding hydrogens is 587 g/mol. The first-order valence-corrected chi connectivity index (χ1v) is 13.8. The topological polar surface area (TPSA) is 108 Å². The van der Waals surface area contributed by atoms with Gasteiger partial charge >= 0.3 is 12.5 Å². The number of thioether (sulfide) groups is 1. The first kappa shape index (κ1) is 29.8. The van der Waals surface area contributed by atoms with E-state index in [2.05, 4.69) is 19.8 Å². The molecule has 0 atom stereocenters. The van der Waals surface area contributed by atoms with Crippen molar-refractivity contribution in [2.45, 2.75) is 19.4 Å². The van der Waals surface area contributed by atoms with E-state index in [1.807, 2.05) is 36.4 Å². The number of aromatic nitrogens is 3. The zero-order valence-corrected chi connectivity index (χ0v) is 23.5. The van der Waals surface area contributed by atoms with Gasteiger partial charge in [0.2, 0.25) is 5.91 Å². The molecule has 2 heterocycles. The standard InChI is InChI=1S/C29H24F3N5O5S/c1-40-16-21-4-2-3-5-24(21)37-25(38)17-43-27(37)34-28(39)41-15-14-19-6-8-20(9-7-19)26-33-18-36(35-26)22-10-12-23(13-11-22)42-29(30,31)32/h2-13,18H,14-17H2,1H3/b34-27-. The van der Waals surface area contributed by atoms with E-state index in [1.165, 1.54) is 51.9 Å². The zero-order chi connectivity index (χ0) is 30.4. The molecule has 1 aliphatic rings. The summed E-state index contributed by atoms with van der Waals surface area (Å²) >= 11 is 1.17. The van der Waals surface area contributed by atoms with E-state index in [1.54, 1.807) is 19.2 Å². The molecular formula is C29H24F3N5O5S. The van der Waals surface area contributed by atoms with Crippen molar-refractivity contribution in [3.05, 3.63) is 90.3 Å². The number of aliphatic imine (C=N–C) groups is 1. The molecule has 14 heteroatoms. The highest BCUT2D eigenvalue weighted by Gasteiger charge is 2.32. The van der Waals surface area contributed by atoms with E-state index in [0.717, 1.165) is 16.7 Å². The second kappa shape index (κ2) is 13.1. The molecule has 0 bridgehead atoms. The Kier molecular flexibility index (Phi) is 9.07. The number of methoxy groups -OCH3 is 1. The van der Waals surface area contributed by atoms with Crippen LogP contribution in [0.3, 0.4) is 0 Å². The van der Waals surface area contributed by atoms with Crippen LogP contribution in [0.25, 0.3) is 17.1 Å². The quantitative estimate of drug-likeness (QED) is 0.234. The van der Waals surface area contributed by atoms with E-state index in [4.69, 9.17) is 9.47 Å². The molecule has 1 aliphatic heterocycles. The number of carbonyl (C=O) groups excluding carboxylic acids is 2. The molecule has 3 aromatic carbocycles. The Hall–Kier alpha value is -4.69. The van der Waals surface area contributed by atoms with Crippen molar-refractivity contribution in [3.63, 3.8) is 0 Å². The van der Waals surface area contributed by atoms with Crippen LogP contribution in [-0.2, 0) is 27.3 Å².